The van der Waals surface area contributed by atoms with Crippen molar-refractivity contribution in [2.75, 3.05) is 12.4 Å². The van der Waals surface area contributed by atoms with Gasteiger partial charge in [0.15, 0.2) is 9.84 Å². The van der Waals surface area contributed by atoms with Crippen LogP contribution in [0.2, 0.25) is 0 Å². The molecule has 198 valence electrons. The highest BCUT2D eigenvalue weighted by atomic mass is 32.2. The number of hydrogen-bond acceptors (Lipinski definition) is 5. The second-order valence-corrected chi connectivity index (χ2v) is 12.4. The van der Waals surface area contributed by atoms with E-state index in [0.29, 0.717) is 25.7 Å². The highest BCUT2D eigenvalue weighted by molar-refractivity contribution is 7.91. The van der Waals surface area contributed by atoms with Gasteiger partial charge in [0, 0.05) is 18.3 Å². The lowest BCUT2D eigenvalue weighted by Crippen LogP contribution is -2.27. The van der Waals surface area contributed by atoms with Crippen LogP contribution in [0.25, 0.3) is 0 Å². The summed E-state index contributed by atoms with van der Waals surface area (Å²) in [5.74, 6) is -1.35. The number of alkyl halides is 3. The van der Waals surface area contributed by atoms with Gasteiger partial charge in [0.25, 0.3) is 0 Å². The molecule has 1 aliphatic rings. The maximum absolute atomic E-state index is 13.0. The number of Topliss-reactive ketones (excluding diaryl/α,β-unsaturated/α-hetero) is 1. The Kier molecular flexibility index (Phi) is 9.16. The number of hydrogen-bond donors (Lipinski definition) is 2. The van der Waals surface area contributed by atoms with Gasteiger partial charge in [-0.2, -0.15) is 13.2 Å². The van der Waals surface area contributed by atoms with Crippen molar-refractivity contribution in [3.8, 4) is 0 Å². The van der Waals surface area contributed by atoms with Crippen LogP contribution in [0.1, 0.15) is 49.1 Å². The third-order valence-electron chi connectivity index (χ3n) is 6.46. The van der Waals surface area contributed by atoms with E-state index < -0.39 is 35.3 Å². The Labute approximate surface area is 207 Å². The van der Waals surface area contributed by atoms with Crippen LogP contribution in [-0.4, -0.2) is 36.3 Å². The molecule has 0 unspecified atom stereocenters. The number of phosphoric ester groups is 1. The monoisotopic (exact) mass is 548 g/mol. The zero-order chi connectivity index (χ0) is 26.6. The predicted molar refractivity (Wildman–Crippen MR) is 126 cm³/mol. The normalized spacial score (nSPS) is 20.1. The standard InChI is InChI=1S/C24H28F3O7PS/c25-24(26,27)21-10-12-22(13-11-21)36(32,33)16-17-6-8-19(9-7-17)23(28)14-20(15-34-35(29,30)31)18-4-2-1-3-5-18/h1-5,10-13,17,19-20H,6-9,14-16H2,(H2,29,30,31)/t17?,19?,20-/m1/s1. The first kappa shape index (κ1) is 28.5. The molecule has 2 N–H and O–H groups in total. The minimum absolute atomic E-state index is 0.0310. The molecule has 12 heteroatoms. The van der Waals surface area contributed by atoms with Crippen molar-refractivity contribution >= 4 is 23.4 Å². The van der Waals surface area contributed by atoms with Gasteiger partial charge in [-0.15, -0.1) is 0 Å². The maximum atomic E-state index is 13.0. The molecule has 0 amide bonds. The molecule has 1 fully saturated rings. The molecule has 0 spiro atoms. The molecule has 0 radical (unpaired) electrons. The van der Waals surface area contributed by atoms with E-state index in [1.165, 1.54) is 0 Å². The van der Waals surface area contributed by atoms with Crippen molar-refractivity contribution in [3.63, 3.8) is 0 Å². The molecule has 2 aromatic rings. The molecule has 1 atom stereocenters. The lowest BCUT2D eigenvalue weighted by molar-refractivity contribution is -0.137. The van der Waals surface area contributed by atoms with Crippen molar-refractivity contribution in [2.45, 2.75) is 49.1 Å². The van der Waals surface area contributed by atoms with Crippen LogP contribution in [0.3, 0.4) is 0 Å². The number of carbonyl (C=O) groups excluding carboxylic acids is 1. The molecule has 1 saturated carbocycles. The van der Waals surface area contributed by atoms with Gasteiger partial charge >= 0.3 is 14.0 Å². The third-order valence-corrected chi connectivity index (χ3v) is 8.85. The van der Waals surface area contributed by atoms with E-state index in [2.05, 4.69) is 4.52 Å². The van der Waals surface area contributed by atoms with Gasteiger partial charge in [-0.1, -0.05) is 30.3 Å². The van der Waals surface area contributed by atoms with Crippen molar-refractivity contribution in [1.29, 1.82) is 0 Å². The molecule has 3 rings (SSSR count). The number of benzene rings is 2. The summed E-state index contributed by atoms with van der Waals surface area (Å²) >= 11 is 0. The number of ketones is 1. The van der Waals surface area contributed by atoms with Crippen LogP contribution < -0.4 is 0 Å². The quantitative estimate of drug-likeness (QED) is 0.395. The van der Waals surface area contributed by atoms with Gasteiger partial charge in [0.1, 0.15) is 5.78 Å². The largest absolute Gasteiger partial charge is 0.469 e. The van der Waals surface area contributed by atoms with Gasteiger partial charge < -0.3 is 9.79 Å². The lowest BCUT2D eigenvalue weighted by Gasteiger charge is -2.28. The SMILES string of the molecule is O=C(C[C@H](COP(=O)(O)O)c1ccccc1)C1CCC(CS(=O)(=O)c2ccc(C(F)(F)F)cc2)CC1. The Bertz CT molecular complexity index is 1170. The van der Waals surface area contributed by atoms with E-state index in [4.69, 9.17) is 9.79 Å². The molecule has 2 aromatic carbocycles. The summed E-state index contributed by atoms with van der Waals surface area (Å²) < 4.78 is 79.5. The van der Waals surface area contributed by atoms with Crippen molar-refractivity contribution in [1.82, 2.24) is 0 Å². The zero-order valence-electron chi connectivity index (χ0n) is 19.3. The second kappa shape index (κ2) is 11.6. The summed E-state index contributed by atoms with van der Waals surface area (Å²) in [5, 5.41) is 0. The van der Waals surface area contributed by atoms with Crippen LogP contribution >= 0.6 is 7.82 Å². The average Bonchev–Trinajstić information content (AvgIpc) is 2.81. The Hall–Kier alpha value is -2.04. The molecule has 0 saturated heterocycles. The van der Waals surface area contributed by atoms with Crippen molar-refractivity contribution < 1.29 is 45.3 Å². The summed E-state index contributed by atoms with van der Waals surface area (Å²) in [5.41, 5.74) is -0.198. The van der Waals surface area contributed by atoms with Crippen molar-refractivity contribution in [2.24, 2.45) is 11.8 Å². The highest BCUT2D eigenvalue weighted by Gasteiger charge is 2.33. The topological polar surface area (TPSA) is 118 Å². The Morgan fingerprint density at radius 1 is 1.00 bits per heavy atom. The van der Waals surface area contributed by atoms with Gasteiger partial charge in [0.2, 0.25) is 0 Å². The fourth-order valence-corrected chi connectivity index (χ4v) is 6.57. The molecular formula is C24H28F3O7PS. The van der Waals surface area contributed by atoms with E-state index in [1.807, 2.05) is 0 Å². The molecule has 0 heterocycles. The minimum atomic E-state index is -4.70. The highest BCUT2D eigenvalue weighted by Crippen LogP contribution is 2.39. The molecule has 0 bridgehead atoms. The fourth-order valence-electron chi connectivity index (χ4n) is 4.50. The van der Waals surface area contributed by atoms with Gasteiger partial charge in [-0.3, -0.25) is 9.32 Å². The Balaban J connectivity index is 1.57. The van der Waals surface area contributed by atoms with Crippen LogP contribution in [0.4, 0.5) is 13.2 Å². The van der Waals surface area contributed by atoms with Crippen molar-refractivity contribution in [3.05, 3.63) is 65.7 Å². The number of sulfone groups is 1. The van der Waals surface area contributed by atoms with Gasteiger partial charge in [-0.05, 0) is 61.4 Å². The third kappa shape index (κ3) is 8.24. The summed E-state index contributed by atoms with van der Waals surface area (Å²) in [6, 6.07) is 12.2. The van der Waals surface area contributed by atoms with Gasteiger partial charge in [0.05, 0.1) is 22.8 Å². The second-order valence-electron chi connectivity index (χ2n) is 9.09. The summed E-state index contributed by atoms with van der Waals surface area (Å²) in [4.78, 5) is 30.9. The van der Waals surface area contributed by atoms with E-state index in [1.54, 1.807) is 30.3 Å². The molecule has 0 aromatic heterocycles. The minimum Gasteiger partial charge on any atom is -0.303 e. The number of halogens is 3. The molecule has 7 nitrogen and oxygen atoms in total. The maximum Gasteiger partial charge on any atom is 0.469 e. The summed E-state index contributed by atoms with van der Waals surface area (Å²) in [6.07, 6.45) is -2.63. The first-order valence-corrected chi connectivity index (χ1v) is 14.6. The predicted octanol–water partition coefficient (Wildman–Crippen LogP) is 5.14. The van der Waals surface area contributed by atoms with Crippen LogP contribution in [0.5, 0.6) is 0 Å². The van der Waals surface area contributed by atoms with Crippen LogP contribution in [0, 0.1) is 11.8 Å². The Morgan fingerprint density at radius 2 is 1.58 bits per heavy atom. The fraction of sp³-hybridized carbons (Fsp3) is 0.458. The number of carbonyl (C=O) groups is 1. The first-order chi connectivity index (χ1) is 16.7. The summed E-state index contributed by atoms with van der Waals surface area (Å²) in [6.45, 7) is -0.319. The lowest BCUT2D eigenvalue weighted by atomic mass is 9.78. The smallest absolute Gasteiger partial charge is 0.303 e. The molecule has 0 aliphatic heterocycles. The van der Waals surface area contributed by atoms with E-state index in [-0.39, 0.29) is 41.3 Å². The molecule has 36 heavy (non-hydrogen) atoms. The van der Waals surface area contributed by atoms with E-state index in [0.717, 1.165) is 29.8 Å². The van der Waals surface area contributed by atoms with Crippen LogP contribution in [-0.2, 0) is 29.9 Å². The van der Waals surface area contributed by atoms with Gasteiger partial charge in [-0.25, -0.2) is 13.0 Å². The first-order valence-electron chi connectivity index (χ1n) is 11.4. The molecular weight excluding hydrogens is 520 g/mol. The van der Waals surface area contributed by atoms with E-state index >= 15 is 0 Å². The molecule has 1 aliphatic carbocycles. The summed E-state index contributed by atoms with van der Waals surface area (Å²) in [7, 11) is -8.48. The number of rotatable bonds is 10. The Morgan fingerprint density at radius 3 is 2.11 bits per heavy atom. The van der Waals surface area contributed by atoms with Crippen LogP contribution in [0.15, 0.2) is 59.5 Å². The average molecular weight is 549 g/mol. The van der Waals surface area contributed by atoms with E-state index in [9.17, 15) is 30.9 Å². The number of phosphoric acid groups is 1. The zero-order valence-corrected chi connectivity index (χ0v) is 21.0.